The van der Waals surface area contributed by atoms with Gasteiger partial charge in [0.25, 0.3) is 0 Å². The zero-order chi connectivity index (χ0) is 17.3. The van der Waals surface area contributed by atoms with E-state index >= 15 is 0 Å². The largest absolute Gasteiger partial charge is 0.433 e. The molecule has 2 unspecified atom stereocenters. The maximum absolute atomic E-state index is 13.3. The van der Waals surface area contributed by atoms with Crippen molar-refractivity contribution in [1.29, 1.82) is 0 Å². The summed E-state index contributed by atoms with van der Waals surface area (Å²) in [5.74, 6) is 0.839. The van der Waals surface area contributed by atoms with E-state index in [0.29, 0.717) is 23.8 Å². The molecule has 0 bridgehead atoms. The van der Waals surface area contributed by atoms with Gasteiger partial charge in [-0.2, -0.15) is 13.2 Å². The summed E-state index contributed by atoms with van der Waals surface area (Å²) < 4.78 is 39.9. The second-order valence-electron chi connectivity index (χ2n) is 6.35. The van der Waals surface area contributed by atoms with Crippen LogP contribution in [0.3, 0.4) is 0 Å². The summed E-state index contributed by atoms with van der Waals surface area (Å²) in [7, 11) is 0. The van der Waals surface area contributed by atoms with Crippen LogP contribution < -0.4 is 4.90 Å². The zero-order valence-electron chi connectivity index (χ0n) is 13.6. The van der Waals surface area contributed by atoms with Crippen LogP contribution in [0, 0.1) is 5.92 Å². The fourth-order valence-corrected chi connectivity index (χ4v) is 2.96. The summed E-state index contributed by atoms with van der Waals surface area (Å²) in [5, 5.41) is 0. The van der Waals surface area contributed by atoms with E-state index in [9.17, 15) is 13.2 Å². The minimum Gasteiger partial charge on any atom is -0.354 e. The van der Waals surface area contributed by atoms with E-state index in [-0.39, 0.29) is 11.9 Å². The first kappa shape index (κ1) is 16.7. The molecule has 2 aromatic rings. The van der Waals surface area contributed by atoms with Gasteiger partial charge in [0.05, 0.1) is 0 Å². The van der Waals surface area contributed by atoms with Crippen molar-refractivity contribution in [1.82, 2.24) is 15.0 Å². The summed E-state index contributed by atoms with van der Waals surface area (Å²) in [6, 6.07) is 4.44. The molecule has 2 aromatic heterocycles. The van der Waals surface area contributed by atoms with E-state index in [4.69, 9.17) is 0 Å². The lowest BCUT2D eigenvalue weighted by molar-refractivity contribution is -0.141. The lowest BCUT2D eigenvalue weighted by Gasteiger charge is -2.38. The number of hydrogen-bond acceptors (Lipinski definition) is 4. The first-order chi connectivity index (χ1) is 11.3. The van der Waals surface area contributed by atoms with Crippen LogP contribution in [0.1, 0.15) is 32.4 Å². The van der Waals surface area contributed by atoms with E-state index < -0.39 is 11.9 Å². The lowest BCUT2D eigenvalue weighted by atomic mass is 9.95. The summed E-state index contributed by atoms with van der Waals surface area (Å²) in [6.45, 7) is 4.83. The Hall–Kier alpha value is -2.18. The SMILES string of the molecule is CC1CCC(C)N(c2cc(C(F)(F)F)nc(-c3ccncc3)n2)C1. The predicted octanol–water partition coefficient (Wildman–Crippen LogP) is 4.18. The van der Waals surface area contributed by atoms with Crippen molar-refractivity contribution < 1.29 is 13.2 Å². The van der Waals surface area contributed by atoms with Crippen molar-refractivity contribution >= 4 is 5.82 Å². The highest BCUT2D eigenvalue weighted by Gasteiger charge is 2.35. The average Bonchev–Trinajstić information content (AvgIpc) is 2.56. The molecule has 0 saturated carbocycles. The van der Waals surface area contributed by atoms with Gasteiger partial charge in [0.2, 0.25) is 0 Å². The van der Waals surface area contributed by atoms with Crippen LogP contribution in [0.4, 0.5) is 19.0 Å². The maximum atomic E-state index is 13.3. The highest BCUT2D eigenvalue weighted by atomic mass is 19.4. The van der Waals surface area contributed by atoms with E-state index in [0.717, 1.165) is 18.9 Å². The van der Waals surface area contributed by atoms with Gasteiger partial charge < -0.3 is 4.90 Å². The summed E-state index contributed by atoms with van der Waals surface area (Å²) in [6.07, 6.45) is 0.543. The van der Waals surface area contributed by atoms with Crippen molar-refractivity contribution in [2.75, 3.05) is 11.4 Å². The van der Waals surface area contributed by atoms with Crippen LogP contribution in [-0.2, 0) is 6.18 Å². The molecule has 128 valence electrons. The van der Waals surface area contributed by atoms with E-state index in [1.807, 2.05) is 11.8 Å². The Labute approximate surface area is 138 Å². The van der Waals surface area contributed by atoms with Gasteiger partial charge in [0.15, 0.2) is 11.5 Å². The number of halogens is 3. The molecule has 4 nitrogen and oxygen atoms in total. The molecule has 7 heteroatoms. The number of rotatable bonds is 2. The van der Waals surface area contributed by atoms with Gasteiger partial charge in [-0.15, -0.1) is 0 Å². The van der Waals surface area contributed by atoms with Crippen LogP contribution in [0.2, 0.25) is 0 Å². The number of piperidine rings is 1. The van der Waals surface area contributed by atoms with E-state index in [2.05, 4.69) is 21.9 Å². The van der Waals surface area contributed by atoms with E-state index in [1.54, 1.807) is 12.1 Å². The molecule has 1 aliphatic rings. The monoisotopic (exact) mass is 336 g/mol. The third-order valence-corrected chi connectivity index (χ3v) is 4.35. The number of anilines is 1. The van der Waals surface area contributed by atoms with Crippen LogP contribution in [0.5, 0.6) is 0 Å². The third-order valence-electron chi connectivity index (χ3n) is 4.35. The molecule has 0 N–H and O–H groups in total. The molecule has 1 fully saturated rings. The zero-order valence-corrected chi connectivity index (χ0v) is 13.6. The quantitative estimate of drug-likeness (QED) is 0.825. The fraction of sp³-hybridized carbons (Fsp3) is 0.471. The van der Waals surface area contributed by atoms with Gasteiger partial charge in [-0.3, -0.25) is 4.98 Å². The normalized spacial score (nSPS) is 21.8. The molecule has 0 spiro atoms. The Morgan fingerprint density at radius 2 is 1.79 bits per heavy atom. The van der Waals surface area contributed by atoms with Gasteiger partial charge >= 0.3 is 6.18 Å². The molecule has 3 rings (SSSR count). The molecular weight excluding hydrogens is 317 g/mol. The Bertz CT molecular complexity index is 703. The second-order valence-corrected chi connectivity index (χ2v) is 6.35. The van der Waals surface area contributed by atoms with Gasteiger partial charge in [-0.25, -0.2) is 9.97 Å². The molecule has 0 aliphatic carbocycles. The number of aromatic nitrogens is 3. The summed E-state index contributed by atoms with van der Waals surface area (Å²) in [5.41, 5.74) is -0.389. The van der Waals surface area contributed by atoms with Crippen LogP contribution in [0.25, 0.3) is 11.4 Å². The van der Waals surface area contributed by atoms with Crippen molar-refractivity contribution in [3.8, 4) is 11.4 Å². The lowest BCUT2D eigenvalue weighted by Crippen LogP contribution is -2.41. The fourth-order valence-electron chi connectivity index (χ4n) is 2.96. The highest BCUT2D eigenvalue weighted by molar-refractivity contribution is 5.57. The second kappa shape index (κ2) is 6.37. The summed E-state index contributed by atoms with van der Waals surface area (Å²) in [4.78, 5) is 14.0. The third kappa shape index (κ3) is 3.49. The van der Waals surface area contributed by atoms with Crippen molar-refractivity contribution in [3.05, 3.63) is 36.3 Å². The van der Waals surface area contributed by atoms with Crippen LogP contribution in [0.15, 0.2) is 30.6 Å². The Balaban J connectivity index is 2.08. The van der Waals surface area contributed by atoms with Gasteiger partial charge in [-0.1, -0.05) is 6.92 Å². The average molecular weight is 336 g/mol. The first-order valence-electron chi connectivity index (χ1n) is 7.98. The maximum Gasteiger partial charge on any atom is 0.433 e. The van der Waals surface area contributed by atoms with Gasteiger partial charge in [0, 0.05) is 36.6 Å². The number of pyridine rings is 1. The van der Waals surface area contributed by atoms with Crippen LogP contribution >= 0.6 is 0 Å². The standard InChI is InChI=1S/C17H19F3N4/c1-11-3-4-12(2)24(10-11)15-9-14(17(18,19)20)22-16(23-15)13-5-7-21-8-6-13/h5-9,11-12H,3-4,10H2,1-2H3. The van der Waals surface area contributed by atoms with Crippen molar-refractivity contribution in [2.24, 2.45) is 5.92 Å². The Morgan fingerprint density at radius 3 is 2.46 bits per heavy atom. The molecule has 3 heterocycles. The van der Waals surface area contributed by atoms with Crippen molar-refractivity contribution in [3.63, 3.8) is 0 Å². The molecule has 0 amide bonds. The van der Waals surface area contributed by atoms with Gasteiger partial charge in [-0.05, 0) is 37.8 Å². The molecule has 0 radical (unpaired) electrons. The predicted molar refractivity (Wildman–Crippen MR) is 85.5 cm³/mol. The molecule has 1 aliphatic heterocycles. The minimum atomic E-state index is -4.51. The number of hydrogen-bond donors (Lipinski definition) is 0. The van der Waals surface area contributed by atoms with Gasteiger partial charge in [0.1, 0.15) is 5.82 Å². The Kier molecular flexibility index (Phi) is 4.43. The van der Waals surface area contributed by atoms with Crippen LogP contribution in [-0.4, -0.2) is 27.5 Å². The molecular formula is C17H19F3N4. The molecule has 0 aromatic carbocycles. The first-order valence-corrected chi connectivity index (χ1v) is 7.98. The Morgan fingerprint density at radius 1 is 1.08 bits per heavy atom. The minimum absolute atomic E-state index is 0.0765. The highest BCUT2D eigenvalue weighted by Crippen LogP contribution is 2.33. The number of alkyl halides is 3. The van der Waals surface area contributed by atoms with Crippen molar-refractivity contribution in [2.45, 2.75) is 38.9 Å². The smallest absolute Gasteiger partial charge is 0.354 e. The molecule has 24 heavy (non-hydrogen) atoms. The molecule has 2 atom stereocenters. The topological polar surface area (TPSA) is 41.9 Å². The number of nitrogens with zero attached hydrogens (tertiary/aromatic N) is 4. The summed E-state index contributed by atoms with van der Waals surface area (Å²) >= 11 is 0. The van der Waals surface area contributed by atoms with E-state index in [1.165, 1.54) is 12.4 Å². The molecule has 1 saturated heterocycles.